The molecule has 0 fully saturated rings. The first-order chi connectivity index (χ1) is 6.74. The van der Waals surface area contributed by atoms with Crippen LogP contribution in [0, 0.1) is 5.82 Å². The Morgan fingerprint density at radius 1 is 1.43 bits per heavy atom. The van der Waals surface area contributed by atoms with Crippen molar-refractivity contribution in [2.24, 2.45) is 0 Å². The van der Waals surface area contributed by atoms with Gasteiger partial charge in [0.15, 0.2) is 0 Å². The Balaban J connectivity index is 2.52. The number of ether oxygens (including phenoxy) is 1. The van der Waals surface area contributed by atoms with Gasteiger partial charge < -0.3 is 4.74 Å². The van der Waals surface area contributed by atoms with Gasteiger partial charge in [-0.25, -0.2) is 9.18 Å². The van der Waals surface area contributed by atoms with Gasteiger partial charge in [0.05, 0.1) is 12.2 Å². The fourth-order valence-corrected chi connectivity index (χ4v) is 0.904. The molecule has 0 aliphatic carbocycles. The lowest BCUT2D eigenvalue weighted by molar-refractivity contribution is 0.0512. The van der Waals surface area contributed by atoms with Crippen molar-refractivity contribution in [3.63, 3.8) is 0 Å². The Bertz CT molecular complexity index is 317. The molecule has 0 atom stereocenters. The largest absolute Gasteiger partial charge is 0.462 e. The Labute approximate surface area is 82.0 Å². The maximum absolute atomic E-state index is 12.5. The minimum atomic E-state index is -0.438. The zero-order valence-electron chi connectivity index (χ0n) is 7.70. The van der Waals surface area contributed by atoms with Crippen molar-refractivity contribution in [3.8, 4) is 0 Å². The molecule has 0 heterocycles. The first-order valence-electron chi connectivity index (χ1n) is 4.27. The van der Waals surface area contributed by atoms with Crippen LogP contribution in [0.5, 0.6) is 0 Å². The topological polar surface area (TPSA) is 26.3 Å². The number of carbonyl (C=O) groups is 1. The molecule has 0 unspecified atom stereocenters. The first-order valence-corrected chi connectivity index (χ1v) is 4.27. The van der Waals surface area contributed by atoms with E-state index in [1.807, 2.05) is 0 Å². The molecule has 1 aromatic carbocycles. The van der Waals surface area contributed by atoms with E-state index in [4.69, 9.17) is 4.74 Å². The van der Waals surface area contributed by atoms with Gasteiger partial charge in [-0.2, -0.15) is 0 Å². The minimum absolute atomic E-state index is 0.305. The van der Waals surface area contributed by atoms with Crippen LogP contribution in [0.1, 0.15) is 16.8 Å². The standard InChI is InChI=1S/C11H11FO2/c1-2-3-8-14-11(13)9-4-6-10(12)7-5-9/h2,4-7H,1,3,8H2. The molecule has 0 radical (unpaired) electrons. The van der Waals surface area contributed by atoms with Crippen LogP contribution in [0.2, 0.25) is 0 Å². The van der Waals surface area contributed by atoms with E-state index in [9.17, 15) is 9.18 Å². The number of benzene rings is 1. The predicted octanol–water partition coefficient (Wildman–Crippen LogP) is 2.56. The summed E-state index contributed by atoms with van der Waals surface area (Å²) in [5.74, 6) is -0.806. The third-order valence-corrected chi connectivity index (χ3v) is 1.64. The minimum Gasteiger partial charge on any atom is -0.462 e. The van der Waals surface area contributed by atoms with Crippen molar-refractivity contribution in [2.75, 3.05) is 6.61 Å². The maximum Gasteiger partial charge on any atom is 0.338 e. The third kappa shape index (κ3) is 3.01. The Morgan fingerprint density at radius 2 is 2.07 bits per heavy atom. The van der Waals surface area contributed by atoms with E-state index >= 15 is 0 Å². The van der Waals surface area contributed by atoms with Gasteiger partial charge in [-0.05, 0) is 30.7 Å². The lowest BCUT2D eigenvalue weighted by Gasteiger charge is -2.02. The molecule has 74 valence electrons. The highest BCUT2D eigenvalue weighted by atomic mass is 19.1. The van der Waals surface area contributed by atoms with Crippen LogP contribution in [0.25, 0.3) is 0 Å². The average molecular weight is 194 g/mol. The van der Waals surface area contributed by atoms with Gasteiger partial charge in [-0.15, -0.1) is 6.58 Å². The summed E-state index contributed by atoms with van der Waals surface area (Å²) in [5, 5.41) is 0. The predicted molar refractivity (Wildman–Crippen MR) is 51.5 cm³/mol. The average Bonchev–Trinajstić information content (AvgIpc) is 2.19. The summed E-state index contributed by atoms with van der Waals surface area (Å²) in [6.45, 7) is 3.81. The summed E-state index contributed by atoms with van der Waals surface area (Å²) in [6, 6.07) is 5.24. The SMILES string of the molecule is C=CCCOC(=O)c1ccc(F)cc1. The summed E-state index contributed by atoms with van der Waals surface area (Å²) in [7, 11) is 0. The van der Waals surface area contributed by atoms with Crippen LogP contribution >= 0.6 is 0 Å². The van der Waals surface area contributed by atoms with E-state index in [1.165, 1.54) is 24.3 Å². The highest BCUT2D eigenvalue weighted by Gasteiger charge is 2.05. The van der Waals surface area contributed by atoms with Crippen molar-refractivity contribution in [3.05, 3.63) is 48.3 Å². The van der Waals surface area contributed by atoms with Crippen LogP contribution in [-0.4, -0.2) is 12.6 Å². The molecule has 1 rings (SSSR count). The fraction of sp³-hybridized carbons (Fsp3) is 0.182. The van der Waals surface area contributed by atoms with Crippen molar-refractivity contribution in [2.45, 2.75) is 6.42 Å². The van der Waals surface area contributed by atoms with Gasteiger partial charge >= 0.3 is 5.97 Å². The molecular weight excluding hydrogens is 183 g/mol. The lowest BCUT2D eigenvalue weighted by Crippen LogP contribution is -2.05. The number of hydrogen-bond acceptors (Lipinski definition) is 2. The molecule has 14 heavy (non-hydrogen) atoms. The van der Waals surface area contributed by atoms with Gasteiger partial charge in [0, 0.05) is 0 Å². The van der Waals surface area contributed by atoms with Gasteiger partial charge in [0.1, 0.15) is 5.82 Å². The molecule has 0 aliphatic rings. The van der Waals surface area contributed by atoms with Crippen molar-refractivity contribution in [1.29, 1.82) is 0 Å². The normalized spacial score (nSPS) is 9.50. The molecule has 0 aliphatic heterocycles. The molecule has 3 heteroatoms. The Hall–Kier alpha value is -1.64. The quantitative estimate of drug-likeness (QED) is 0.418. The van der Waals surface area contributed by atoms with E-state index in [-0.39, 0.29) is 5.82 Å². The van der Waals surface area contributed by atoms with Gasteiger partial charge in [0.25, 0.3) is 0 Å². The highest BCUT2D eigenvalue weighted by Crippen LogP contribution is 2.04. The van der Waals surface area contributed by atoms with E-state index in [2.05, 4.69) is 6.58 Å². The molecule has 1 aromatic rings. The van der Waals surface area contributed by atoms with Crippen LogP contribution in [-0.2, 0) is 4.74 Å². The summed E-state index contributed by atoms with van der Waals surface area (Å²) in [6.07, 6.45) is 2.28. The zero-order valence-corrected chi connectivity index (χ0v) is 7.70. The zero-order chi connectivity index (χ0) is 10.4. The van der Waals surface area contributed by atoms with E-state index in [0.717, 1.165) is 0 Å². The third-order valence-electron chi connectivity index (χ3n) is 1.64. The molecule has 0 bridgehead atoms. The fourth-order valence-electron chi connectivity index (χ4n) is 0.904. The smallest absolute Gasteiger partial charge is 0.338 e. The van der Waals surface area contributed by atoms with Crippen LogP contribution in [0.15, 0.2) is 36.9 Å². The number of rotatable bonds is 4. The second-order valence-electron chi connectivity index (χ2n) is 2.72. The van der Waals surface area contributed by atoms with E-state index in [0.29, 0.717) is 18.6 Å². The maximum atomic E-state index is 12.5. The Kier molecular flexibility index (Phi) is 3.85. The summed E-state index contributed by atoms with van der Waals surface area (Å²) >= 11 is 0. The van der Waals surface area contributed by atoms with Crippen molar-refractivity contribution in [1.82, 2.24) is 0 Å². The number of halogens is 1. The molecule has 0 saturated heterocycles. The summed E-state index contributed by atoms with van der Waals surface area (Å²) in [5.41, 5.74) is 0.357. The van der Waals surface area contributed by atoms with Crippen LogP contribution in [0.4, 0.5) is 4.39 Å². The second-order valence-corrected chi connectivity index (χ2v) is 2.72. The Morgan fingerprint density at radius 3 is 2.64 bits per heavy atom. The van der Waals surface area contributed by atoms with Gasteiger partial charge in [-0.1, -0.05) is 6.08 Å². The summed E-state index contributed by atoms with van der Waals surface area (Å²) < 4.78 is 17.4. The van der Waals surface area contributed by atoms with Gasteiger partial charge in [-0.3, -0.25) is 0 Å². The number of carbonyl (C=O) groups excluding carboxylic acids is 1. The molecule has 0 amide bonds. The number of hydrogen-bond donors (Lipinski definition) is 0. The van der Waals surface area contributed by atoms with Gasteiger partial charge in [0.2, 0.25) is 0 Å². The molecular formula is C11H11FO2. The van der Waals surface area contributed by atoms with Crippen molar-refractivity contribution >= 4 is 5.97 Å². The molecule has 0 saturated carbocycles. The summed E-state index contributed by atoms with van der Waals surface area (Å²) in [4.78, 5) is 11.3. The highest BCUT2D eigenvalue weighted by molar-refractivity contribution is 5.89. The lowest BCUT2D eigenvalue weighted by atomic mass is 10.2. The van der Waals surface area contributed by atoms with E-state index < -0.39 is 5.97 Å². The first kappa shape index (κ1) is 10.4. The monoisotopic (exact) mass is 194 g/mol. The molecule has 0 spiro atoms. The van der Waals surface area contributed by atoms with E-state index in [1.54, 1.807) is 6.08 Å². The van der Waals surface area contributed by atoms with Crippen molar-refractivity contribution < 1.29 is 13.9 Å². The second kappa shape index (κ2) is 5.17. The van der Waals surface area contributed by atoms with Crippen LogP contribution < -0.4 is 0 Å². The molecule has 0 N–H and O–H groups in total. The molecule has 2 nitrogen and oxygen atoms in total. The molecule has 0 aromatic heterocycles. The van der Waals surface area contributed by atoms with Crippen LogP contribution in [0.3, 0.4) is 0 Å². The number of esters is 1.